The zero-order chi connectivity index (χ0) is 11.5. The van der Waals surface area contributed by atoms with Gasteiger partial charge < -0.3 is 0 Å². The average molecular weight is 212 g/mol. The van der Waals surface area contributed by atoms with E-state index in [1.165, 1.54) is 0 Å². The molecule has 16 heavy (non-hydrogen) atoms. The molecule has 0 aliphatic heterocycles. The Morgan fingerprint density at radius 1 is 1.44 bits per heavy atom. The molecule has 0 radical (unpaired) electrons. The third kappa shape index (κ3) is 1.80. The summed E-state index contributed by atoms with van der Waals surface area (Å²) in [7, 11) is 0. The number of nitrogens with zero attached hydrogens (tertiary/aromatic N) is 4. The molecule has 0 aliphatic rings. The van der Waals surface area contributed by atoms with Gasteiger partial charge in [-0.2, -0.15) is 10.4 Å². The van der Waals surface area contributed by atoms with Crippen LogP contribution in [0.3, 0.4) is 0 Å². The topological polar surface area (TPSA) is 54.5 Å². The molecule has 4 heteroatoms. The Balaban J connectivity index is 2.49. The van der Waals surface area contributed by atoms with Gasteiger partial charge in [-0.05, 0) is 26.0 Å². The summed E-state index contributed by atoms with van der Waals surface area (Å²) in [5.41, 5.74) is 2.30. The normalized spacial score (nSPS) is 10.4. The maximum Gasteiger partial charge on any atom is 0.139 e. The third-order valence-corrected chi connectivity index (χ3v) is 2.30. The molecule has 2 aromatic heterocycles. The van der Waals surface area contributed by atoms with E-state index in [4.69, 9.17) is 5.26 Å². The van der Waals surface area contributed by atoms with Crippen molar-refractivity contribution in [2.75, 3.05) is 0 Å². The van der Waals surface area contributed by atoms with Crippen LogP contribution >= 0.6 is 0 Å². The Morgan fingerprint density at radius 2 is 2.25 bits per heavy atom. The van der Waals surface area contributed by atoms with Gasteiger partial charge in [0.25, 0.3) is 0 Å². The van der Waals surface area contributed by atoms with Crippen LogP contribution in [0.5, 0.6) is 0 Å². The van der Waals surface area contributed by atoms with Crippen LogP contribution < -0.4 is 0 Å². The van der Waals surface area contributed by atoms with Crippen molar-refractivity contribution in [1.29, 1.82) is 5.26 Å². The lowest BCUT2D eigenvalue weighted by Crippen LogP contribution is -2.05. The van der Waals surface area contributed by atoms with Crippen molar-refractivity contribution in [3.63, 3.8) is 0 Å². The van der Waals surface area contributed by atoms with Gasteiger partial charge in [0, 0.05) is 30.1 Å². The molecule has 0 aromatic carbocycles. The Bertz CT molecular complexity index is 520. The van der Waals surface area contributed by atoms with E-state index in [9.17, 15) is 0 Å². The smallest absolute Gasteiger partial charge is 0.139 e. The lowest BCUT2D eigenvalue weighted by molar-refractivity contribution is 0.528. The van der Waals surface area contributed by atoms with Crippen molar-refractivity contribution in [2.24, 2.45) is 0 Å². The van der Waals surface area contributed by atoms with Gasteiger partial charge in [0.15, 0.2) is 0 Å². The van der Waals surface area contributed by atoms with Crippen LogP contribution in [0, 0.1) is 11.3 Å². The summed E-state index contributed by atoms with van der Waals surface area (Å²) in [5.74, 6) is 0. The standard InChI is InChI=1S/C12H12N4/c1-9(2)16-11(7-13)6-12(15-16)10-4-3-5-14-8-10/h3-6,8-9H,1-2H3. The second-order valence-corrected chi connectivity index (χ2v) is 3.81. The zero-order valence-electron chi connectivity index (χ0n) is 9.25. The van der Waals surface area contributed by atoms with E-state index in [1.54, 1.807) is 23.1 Å². The molecule has 0 N–H and O–H groups in total. The summed E-state index contributed by atoms with van der Waals surface area (Å²) in [4.78, 5) is 4.04. The van der Waals surface area contributed by atoms with Gasteiger partial charge in [-0.1, -0.05) is 0 Å². The van der Waals surface area contributed by atoms with E-state index in [1.807, 2.05) is 26.0 Å². The van der Waals surface area contributed by atoms with Crippen LogP contribution in [-0.2, 0) is 0 Å². The second-order valence-electron chi connectivity index (χ2n) is 3.81. The quantitative estimate of drug-likeness (QED) is 0.768. The van der Waals surface area contributed by atoms with Crippen LogP contribution in [0.4, 0.5) is 0 Å². The molecule has 0 bridgehead atoms. The highest BCUT2D eigenvalue weighted by Gasteiger charge is 2.11. The minimum atomic E-state index is 0.181. The molecule has 2 aromatic rings. The molecule has 0 unspecified atom stereocenters. The molecule has 0 atom stereocenters. The number of hydrogen-bond donors (Lipinski definition) is 0. The molecular weight excluding hydrogens is 200 g/mol. The average Bonchev–Trinajstić information content (AvgIpc) is 2.74. The molecule has 2 heterocycles. The summed E-state index contributed by atoms with van der Waals surface area (Å²) in [6, 6.07) is 7.91. The minimum absolute atomic E-state index is 0.181. The van der Waals surface area contributed by atoms with Crippen LogP contribution in [-0.4, -0.2) is 14.8 Å². The molecule has 0 amide bonds. The lowest BCUT2D eigenvalue weighted by Gasteiger charge is -2.05. The van der Waals surface area contributed by atoms with Gasteiger partial charge >= 0.3 is 0 Å². The van der Waals surface area contributed by atoms with Crippen LogP contribution in [0.15, 0.2) is 30.6 Å². The van der Waals surface area contributed by atoms with Gasteiger partial charge in [-0.15, -0.1) is 0 Å². The van der Waals surface area contributed by atoms with E-state index in [-0.39, 0.29) is 6.04 Å². The lowest BCUT2D eigenvalue weighted by atomic mass is 10.2. The first-order valence-electron chi connectivity index (χ1n) is 5.12. The summed E-state index contributed by atoms with van der Waals surface area (Å²) in [6.45, 7) is 4.00. The highest BCUT2D eigenvalue weighted by molar-refractivity contribution is 5.58. The first-order chi connectivity index (χ1) is 7.72. The monoisotopic (exact) mass is 212 g/mol. The zero-order valence-corrected chi connectivity index (χ0v) is 9.25. The summed E-state index contributed by atoms with van der Waals surface area (Å²) in [5, 5.41) is 13.4. The van der Waals surface area contributed by atoms with Crippen molar-refractivity contribution in [1.82, 2.24) is 14.8 Å². The molecule has 0 spiro atoms. The fourth-order valence-electron chi connectivity index (χ4n) is 1.53. The molecule has 2 rings (SSSR count). The van der Waals surface area contributed by atoms with E-state index < -0.39 is 0 Å². The minimum Gasteiger partial charge on any atom is -0.264 e. The van der Waals surface area contributed by atoms with E-state index in [2.05, 4.69) is 16.2 Å². The largest absolute Gasteiger partial charge is 0.264 e. The third-order valence-electron chi connectivity index (χ3n) is 2.30. The number of nitriles is 1. The Labute approximate surface area is 94.2 Å². The Kier molecular flexibility index (Phi) is 2.69. The maximum atomic E-state index is 9.00. The number of rotatable bonds is 2. The van der Waals surface area contributed by atoms with Crippen molar-refractivity contribution in [2.45, 2.75) is 19.9 Å². The molecule has 0 aliphatic carbocycles. The SMILES string of the molecule is CC(C)n1nc(-c2cccnc2)cc1C#N. The fraction of sp³-hybridized carbons (Fsp3) is 0.250. The van der Waals surface area contributed by atoms with Crippen molar-refractivity contribution in [3.8, 4) is 17.3 Å². The first-order valence-corrected chi connectivity index (χ1v) is 5.12. The van der Waals surface area contributed by atoms with Gasteiger partial charge in [-0.3, -0.25) is 9.67 Å². The number of pyridine rings is 1. The molecule has 4 nitrogen and oxygen atoms in total. The van der Waals surface area contributed by atoms with Gasteiger partial charge in [0.05, 0.1) is 5.69 Å². The molecule has 0 saturated heterocycles. The summed E-state index contributed by atoms with van der Waals surface area (Å²) < 4.78 is 1.72. The Morgan fingerprint density at radius 3 is 2.75 bits per heavy atom. The van der Waals surface area contributed by atoms with Crippen LogP contribution in [0.1, 0.15) is 25.6 Å². The second kappa shape index (κ2) is 4.15. The van der Waals surface area contributed by atoms with Gasteiger partial charge in [0.1, 0.15) is 11.8 Å². The fourth-order valence-corrected chi connectivity index (χ4v) is 1.53. The number of aromatic nitrogens is 3. The first kappa shape index (κ1) is 10.4. The summed E-state index contributed by atoms with van der Waals surface area (Å²) >= 11 is 0. The van der Waals surface area contributed by atoms with Crippen molar-refractivity contribution < 1.29 is 0 Å². The van der Waals surface area contributed by atoms with Crippen LogP contribution in [0.2, 0.25) is 0 Å². The summed E-state index contributed by atoms with van der Waals surface area (Å²) in [6.07, 6.45) is 3.46. The predicted octanol–water partition coefficient (Wildman–Crippen LogP) is 2.40. The predicted molar refractivity (Wildman–Crippen MR) is 60.6 cm³/mol. The molecule has 0 saturated carbocycles. The maximum absolute atomic E-state index is 9.00. The van der Waals surface area contributed by atoms with E-state index >= 15 is 0 Å². The van der Waals surface area contributed by atoms with E-state index in [0.29, 0.717) is 5.69 Å². The Hall–Kier alpha value is -2.15. The molecule has 0 fully saturated rings. The number of hydrogen-bond acceptors (Lipinski definition) is 3. The van der Waals surface area contributed by atoms with Crippen molar-refractivity contribution in [3.05, 3.63) is 36.3 Å². The highest BCUT2D eigenvalue weighted by atomic mass is 15.3. The van der Waals surface area contributed by atoms with Gasteiger partial charge in [-0.25, -0.2) is 0 Å². The van der Waals surface area contributed by atoms with Crippen LogP contribution in [0.25, 0.3) is 11.3 Å². The molecular formula is C12H12N4. The van der Waals surface area contributed by atoms with Gasteiger partial charge in [0.2, 0.25) is 0 Å². The van der Waals surface area contributed by atoms with E-state index in [0.717, 1.165) is 11.3 Å². The highest BCUT2D eigenvalue weighted by Crippen LogP contribution is 2.19. The molecule has 80 valence electrons. The van der Waals surface area contributed by atoms with Crippen molar-refractivity contribution >= 4 is 0 Å².